The lowest BCUT2D eigenvalue weighted by molar-refractivity contribution is 0.259. The summed E-state index contributed by atoms with van der Waals surface area (Å²) in [7, 11) is -13.4. The van der Waals surface area contributed by atoms with Crippen LogP contribution in [0.2, 0.25) is 5.28 Å². The van der Waals surface area contributed by atoms with Crippen LogP contribution in [-0.4, -0.2) is 67.7 Å². The highest BCUT2D eigenvalue weighted by Gasteiger charge is 2.19. The second-order valence-electron chi connectivity index (χ2n) is 11.1. The quantitative estimate of drug-likeness (QED) is 0.0630. The lowest BCUT2D eigenvalue weighted by Gasteiger charge is -2.12. The van der Waals surface area contributed by atoms with E-state index in [1.165, 1.54) is 54.6 Å². The van der Waals surface area contributed by atoms with E-state index in [1.54, 1.807) is 26.0 Å². The third kappa shape index (κ3) is 10.4. The zero-order valence-electron chi connectivity index (χ0n) is 27.3. The molecule has 0 atom stereocenters. The van der Waals surface area contributed by atoms with Gasteiger partial charge >= 0.3 is 16.4 Å². The van der Waals surface area contributed by atoms with Crippen molar-refractivity contribution in [3.8, 4) is 0 Å². The highest BCUT2D eigenvalue weighted by Crippen LogP contribution is 2.35. The second-order valence-corrected chi connectivity index (χ2v) is 16.0. The first kappa shape index (κ1) is 38.9. The Balaban J connectivity index is 1.39. The molecule has 0 aliphatic rings. The number of halogens is 1. The molecule has 53 heavy (non-hydrogen) atoms. The Morgan fingerprint density at radius 1 is 0.849 bits per heavy atom. The van der Waals surface area contributed by atoms with Gasteiger partial charge < -0.3 is 21.7 Å². The number of benzene rings is 4. The minimum absolute atomic E-state index is 0.0743. The van der Waals surface area contributed by atoms with Gasteiger partial charge in [0.1, 0.15) is 10.6 Å². The van der Waals surface area contributed by atoms with Gasteiger partial charge in [-0.05, 0) is 96.6 Å². The smallest absolute Gasteiger partial charge is 0.351 e. The Labute approximate surface area is 307 Å². The summed E-state index contributed by atoms with van der Waals surface area (Å²) in [5, 5.41) is 17.2. The number of sulfone groups is 1. The van der Waals surface area contributed by atoms with E-state index >= 15 is 0 Å². The van der Waals surface area contributed by atoms with Crippen molar-refractivity contribution in [2.24, 2.45) is 16.0 Å². The molecule has 7 N–H and O–H groups in total. The Hall–Kier alpha value is -5.36. The highest BCUT2D eigenvalue weighted by atomic mass is 35.5. The predicted octanol–water partition coefficient (Wildman–Crippen LogP) is 5.53. The molecule has 2 amide bonds. The molecular weight excluding hydrogens is 778 g/mol. The van der Waals surface area contributed by atoms with Crippen LogP contribution in [-0.2, 0) is 34.5 Å². The van der Waals surface area contributed by atoms with Crippen LogP contribution in [0.5, 0.6) is 0 Å². The standard InChI is InChI=1S/C30H28ClN9O10S3/c1-16-10-18-12-17(2)24(15-22(18)26(11-16)52(44,45)46)40-39-23-7-6-20(14-25(23)35-28(32)41)34-30-37-27(31)36-29(38-30)33-19-4-3-5-21(13-19)51(42,43)9-8-50-53(47,48)49/h3-7,10-15H,8-9H2,1-2H3,(H3,32,35,41)(H,44,45,46)(H,47,48,49)(H2,33,34,36,37,38)/b40-39+. The van der Waals surface area contributed by atoms with Crippen LogP contribution in [0, 0.1) is 13.8 Å². The first-order valence-corrected chi connectivity index (χ1v) is 19.6. The maximum absolute atomic E-state index is 12.7. The van der Waals surface area contributed by atoms with Crippen molar-refractivity contribution in [2.45, 2.75) is 23.6 Å². The molecule has 19 nitrogen and oxygen atoms in total. The molecule has 0 aliphatic carbocycles. The Morgan fingerprint density at radius 3 is 2.15 bits per heavy atom. The molecular formula is C30H28ClN9O10S3. The zero-order chi connectivity index (χ0) is 38.7. The van der Waals surface area contributed by atoms with Gasteiger partial charge in [0, 0.05) is 16.8 Å². The number of nitrogens with zero attached hydrogens (tertiary/aromatic N) is 5. The molecule has 278 valence electrons. The number of primary amides is 1. The summed E-state index contributed by atoms with van der Waals surface area (Å²) in [5.74, 6) is -0.916. The number of urea groups is 1. The highest BCUT2D eigenvalue weighted by molar-refractivity contribution is 7.91. The van der Waals surface area contributed by atoms with Crippen molar-refractivity contribution in [3.63, 3.8) is 0 Å². The minimum Gasteiger partial charge on any atom is -0.351 e. The van der Waals surface area contributed by atoms with Crippen LogP contribution in [0.1, 0.15) is 11.1 Å². The normalized spacial score (nSPS) is 12.2. The number of amides is 2. The minimum atomic E-state index is -4.82. The van der Waals surface area contributed by atoms with Crippen LogP contribution in [0.15, 0.2) is 86.7 Å². The van der Waals surface area contributed by atoms with Gasteiger partial charge in [0.15, 0.2) is 9.84 Å². The van der Waals surface area contributed by atoms with Crippen LogP contribution >= 0.6 is 11.6 Å². The maximum Gasteiger partial charge on any atom is 0.397 e. The second kappa shape index (κ2) is 15.3. The first-order valence-electron chi connectivity index (χ1n) is 14.8. The monoisotopic (exact) mass is 805 g/mol. The summed E-state index contributed by atoms with van der Waals surface area (Å²) in [5.41, 5.74) is 7.74. The van der Waals surface area contributed by atoms with Gasteiger partial charge in [-0.3, -0.25) is 9.11 Å². The van der Waals surface area contributed by atoms with E-state index in [0.29, 0.717) is 22.2 Å². The van der Waals surface area contributed by atoms with Gasteiger partial charge in [0.05, 0.1) is 28.6 Å². The topological polar surface area (TPSA) is 295 Å². The van der Waals surface area contributed by atoms with Crippen molar-refractivity contribution in [2.75, 3.05) is 28.3 Å². The molecule has 1 aromatic heterocycles. The summed E-state index contributed by atoms with van der Waals surface area (Å²) in [4.78, 5) is 23.7. The molecule has 0 saturated carbocycles. The van der Waals surface area contributed by atoms with Crippen LogP contribution < -0.4 is 21.7 Å². The van der Waals surface area contributed by atoms with E-state index < -0.39 is 48.7 Å². The van der Waals surface area contributed by atoms with Crippen LogP contribution in [0.3, 0.4) is 0 Å². The Kier molecular flexibility index (Phi) is 11.2. The largest absolute Gasteiger partial charge is 0.397 e. The molecule has 0 radical (unpaired) electrons. The number of rotatable bonds is 13. The number of nitrogens with one attached hydrogen (secondary N) is 3. The Morgan fingerprint density at radius 2 is 1.51 bits per heavy atom. The van der Waals surface area contributed by atoms with Crippen molar-refractivity contribution in [3.05, 3.63) is 83.1 Å². The van der Waals surface area contributed by atoms with Crippen molar-refractivity contribution < 1.29 is 43.3 Å². The molecule has 0 spiro atoms. The molecule has 0 bridgehead atoms. The lowest BCUT2D eigenvalue weighted by Crippen LogP contribution is -2.19. The molecule has 0 saturated heterocycles. The molecule has 4 aromatic carbocycles. The zero-order valence-corrected chi connectivity index (χ0v) is 30.5. The van der Waals surface area contributed by atoms with Gasteiger partial charge in [0.25, 0.3) is 10.1 Å². The third-order valence-corrected chi connectivity index (χ3v) is 10.3. The fraction of sp³-hybridized carbons (Fsp3) is 0.133. The van der Waals surface area contributed by atoms with Gasteiger partial charge in [-0.2, -0.15) is 36.9 Å². The number of aryl methyl sites for hydroxylation is 2. The van der Waals surface area contributed by atoms with E-state index in [2.05, 4.69) is 45.3 Å². The van der Waals surface area contributed by atoms with Crippen molar-refractivity contribution in [1.82, 2.24) is 15.0 Å². The maximum atomic E-state index is 12.7. The van der Waals surface area contributed by atoms with E-state index in [-0.39, 0.29) is 55.1 Å². The first-order chi connectivity index (χ1) is 24.8. The summed E-state index contributed by atoms with van der Waals surface area (Å²) in [6, 6.07) is 15.2. The summed E-state index contributed by atoms with van der Waals surface area (Å²) in [6.45, 7) is 2.64. The fourth-order valence-corrected chi connectivity index (χ4v) is 7.32. The lowest BCUT2D eigenvalue weighted by atomic mass is 10.0. The number of hydrogen-bond acceptors (Lipinski definition) is 15. The summed E-state index contributed by atoms with van der Waals surface area (Å²) < 4.78 is 93.6. The molecule has 23 heteroatoms. The van der Waals surface area contributed by atoms with Gasteiger partial charge in [-0.1, -0.05) is 12.1 Å². The Bertz CT molecular complexity index is 2630. The van der Waals surface area contributed by atoms with E-state index in [0.717, 1.165) is 0 Å². The molecule has 0 aliphatic heterocycles. The van der Waals surface area contributed by atoms with Crippen LogP contribution in [0.25, 0.3) is 10.8 Å². The van der Waals surface area contributed by atoms with Crippen molar-refractivity contribution >= 4 is 99.1 Å². The van der Waals surface area contributed by atoms with Crippen molar-refractivity contribution in [1.29, 1.82) is 0 Å². The van der Waals surface area contributed by atoms with Gasteiger partial charge in [-0.25, -0.2) is 17.4 Å². The van der Waals surface area contributed by atoms with Crippen LogP contribution in [0.4, 0.5) is 45.1 Å². The SMILES string of the molecule is Cc1cc(S(=O)(=O)O)c2cc(/N=N/c3ccc(Nc4nc(Cl)nc(Nc5cccc(S(=O)(=O)CCOS(=O)(=O)O)c5)n4)cc3NC(N)=O)c(C)cc2c1. The number of carbonyl (C=O) groups is 1. The van der Waals surface area contributed by atoms with Gasteiger partial charge in [-0.15, -0.1) is 5.11 Å². The number of fused-ring (bicyclic) bond motifs is 1. The average Bonchev–Trinajstić information content (AvgIpc) is 3.02. The fourth-order valence-electron chi connectivity index (χ4n) is 4.84. The number of carbonyl (C=O) groups excluding carboxylic acids is 1. The molecule has 0 unspecified atom stereocenters. The van der Waals surface area contributed by atoms with E-state index in [9.17, 15) is 34.6 Å². The molecule has 0 fully saturated rings. The summed E-state index contributed by atoms with van der Waals surface area (Å²) >= 11 is 6.13. The average molecular weight is 806 g/mol. The molecule has 5 aromatic rings. The van der Waals surface area contributed by atoms with E-state index in [4.69, 9.17) is 21.9 Å². The predicted molar refractivity (Wildman–Crippen MR) is 194 cm³/mol. The number of azo groups is 1. The molecule has 1 heterocycles. The number of nitrogens with two attached hydrogens (primary N) is 1. The van der Waals surface area contributed by atoms with E-state index in [1.807, 2.05) is 0 Å². The summed E-state index contributed by atoms with van der Waals surface area (Å²) in [6.07, 6.45) is 0. The number of aromatic nitrogens is 3. The number of hydrogen-bond donors (Lipinski definition) is 6. The van der Waals surface area contributed by atoms with Gasteiger partial charge in [0.2, 0.25) is 17.2 Å². The molecule has 5 rings (SSSR count). The third-order valence-electron chi connectivity index (χ3n) is 7.07. The number of anilines is 5.